The fourth-order valence-electron chi connectivity index (χ4n) is 6.76. The van der Waals surface area contributed by atoms with Gasteiger partial charge in [-0.25, -0.2) is 10.9 Å². The van der Waals surface area contributed by atoms with Gasteiger partial charge in [0.05, 0.1) is 25.0 Å². The van der Waals surface area contributed by atoms with Crippen molar-refractivity contribution in [2.24, 2.45) is 17.6 Å². The Balaban J connectivity index is 1.15. The first-order valence-corrected chi connectivity index (χ1v) is 15.5. The molecule has 1 aromatic rings. The molecule has 1 aromatic carbocycles. The van der Waals surface area contributed by atoms with Crippen LogP contribution in [0.3, 0.4) is 0 Å². The fourth-order valence-corrected chi connectivity index (χ4v) is 6.76. The predicted molar refractivity (Wildman–Crippen MR) is 159 cm³/mol. The summed E-state index contributed by atoms with van der Waals surface area (Å²) < 4.78 is 6.22. The van der Waals surface area contributed by atoms with Crippen molar-refractivity contribution >= 4 is 11.6 Å². The van der Waals surface area contributed by atoms with Gasteiger partial charge in [0, 0.05) is 49.6 Å². The van der Waals surface area contributed by atoms with Crippen molar-refractivity contribution in [3.63, 3.8) is 0 Å². The molecule has 40 heavy (non-hydrogen) atoms. The Morgan fingerprint density at radius 1 is 1.10 bits per heavy atom. The molecule has 3 aliphatic heterocycles. The molecule has 0 bridgehead atoms. The third kappa shape index (κ3) is 7.71. The third-order valence-corrected chi connectivity index (χ3v) is 9.28. The van der Waals surface area contributed by atoms with Crippen LogP contribution in [0.4, 0.5) is 5.69 Å². The van der Waals surface area contributed by atoms with E-state index in [-0.39, 0.29) is 30.4 Å². The Kier molecular flexibility index (Phi) is 11.0. The van der Waals surface area contributed by atoms with E-state index in [2.05, 4.69) is 49.3 Å². The standard InChI is InChI=1S/C29H51N9O2/c1-2-20-16-31-11-9-22(20)17-34-29(39)21-5-3-6-23(15-21)33-18-27-36-37-28(25-10-12-32-19-35-25)38(27)13-14-40-26-8-4-7-24(26)30/h3,5-6,15,20,22,24-28,31-33,35-37H,2,4,7-14,16-19,30H2,1H3,(H,34,39). The minimum Gasteiger partial charge on any atom is -0.382 e. The normalized spacial score (nSPS) is 33.2. The van der Waals surface area contributed by atoms with Gasteiger partial charge < -0.3 is 31.7 Å². The van der Waals surface area contributed by atoms with Crippen LogP contribution in [-0.2, 0) is 4.74 Å². The van der Waals surface area contributed by atoms with Crippen molar-refractivity contribution < 1.29 is 9.53 Å². The molecule has 7 unspecified atom stereocenters. The molecule has 3 heterocycles. The average molecular weight is 558 g/mol. The number of nitrogens with two attached hydrogens (primary N) is 1. The van der Waals surface area contributed by atoms with Crippen LogP contribution < -0.4 is 43.2 Å². The minimum atomic E-state index is -0.00126. The van der Waals surface area contributed by atoms with Crippen LogP contribution in [0.25, 0.3) is 0 Å². The van der Waals surface area contributed by atoms with Crippen molar-refractivity contribution in [2.75, 3.05) is 57.9 Å². The minimum absolute atomic E-state index is 0.00126. The number of piperidine rings is 1. The Morgan fingerprint density at radius 3 is 2.80 bits per heavy atom. The van der Waals surface area contributed by atoms with Crippen LogP contribution in [0, 0.1) is 11.8 Å². The van der Waals surface area contributed by atoms with Crippen LogP contribution in [-0.4, -0.2) is 93.9 Å². The zero-order chi connectivity index (χ0) is 27.7. The number of rotatable bonds is 12. The molecule has 9 N–H and O–H groups in total. The van der Waals surface area contributed by atoms with Crippen LogP contribution in [0.15, 0.2) is 24.3 Å². The highest BCUT2D eigenvalue weighted by atomic mass is 16.5. The van der Waals surface area contributed by atoms with Gasteiger partial charge in [-0.1, -0.05) is 19.4 Å². The lowest BCUT2D eigenvalue weighted by Crippen LogP contribution is -2.59. The van der Waals surface area contributed by atoms with Crippen molar-refractivity contribution in [1.82, 2.24) is 37.0 Å². The predicted octanol–water partition coefficient (Wildman–Crippen LogP) is 0.331. The highest BCUT2D eigenvalue weighted by molar-refractivity contribution is 5.95. The lowest BCUT2D eigenvalue weighted by atomic mass is 9.84. The Hall–Kier alpha value is -1.83. The molecule has 11 heteroatoms. The zero-order valence-electron chi connectivity index (χ0n) is 24.1. The summed E-state index contributed by atoms with van der Waals surface area (Å²) in [6.07, 6.45) is 6.99. The molecule has 0 aromatic heterocycles. The quantitative estimate of drug-likeness (QED) is 0.181. The fraction of sp³-hybridized carbons (Fsp3) is 0.759. The second kappa shape index (κ2) is 14.9. The number of anilines is 1. The number of hydrazine groups is 1. The summed E-state index contributed by atoms with van der Waals surface area (Å²) in [5, 5.41) is 17.2. The van der Waals surface area contributed by atoms with Crippen molar-refractivity contribution in [2.45, 2.75) is 76.0 Å². The first-order chi connectivity index (χ1) is 19.6. The van der Waals surface area contributed by atoms with E-state index in [0.717, 1.165) is 83.6 Å². The van der Waals surface area contributed by atoms with Gasteiger partial charge in [0.15, 0.2) is 0 Å². The highest BCUT2D eigenvalue weighted by Gasteiger charge is 2.38. The molecule has 1 amide bonds. The van der Waals surface area contributed by atoms with Gasteiger partial charge in [-0.2, -0.15) is 0 Å². The number of amides is 1. The molecule has 1 saturated carbocycles. The van der Waals surface area contributed by atoms with Crippen molar-refractivity contribution in [3.8, 4) is 0 Å². The van der Waals surface area contributed by atoms with E-state index in [0.29, 0.717) is 36.6 Å². The second-order valence-corrected chi connectivity index (χ2v) is 11.9. The Morgan fingerprint density at radius 2 is 2.00 bits per heavy atom. The number of ether oxygens (including phenoxy) is 1. The van der Waals surface area contributed by atoms with E-state index in [1.807, 2.05) is 24.3 Å². The molecule has 224 valence electrons. The van der Waals surface area contributed by atoms with E-state index in [9.17, 15) is 4.79 Å². The Labute approximate surface area is 239 Å². The maximum absolute atomic E-state index is 13.0. The summed E-state index contributed by atoms with van der Waals surface area (Å²) in [5.41, 5.74) is 14.9. The maximum Gasteiger partial charge on any atom is 0.251 e. The molecular formula is C29H51N9O2. The summed E-state index contributed by atoms with van der Waals surface area (Å²) in [6, 6.07) is 8.33. The third-order valence-electron chi connectivity index (χ3n) is 9.28. The lowest BCUT2D eigenvalue weighted by Gasteiger charge is -2.36. The number of nitrogens with zero attached hydrogens (tertiary/aromatic N) is 1. The largest absolute Gasteiger partial charge is 0.382 e. The molecule has 5 rings (SSSR count). The van der Waals surface area contributed by atoms with Crippen LogP contribution in [0.1, 0.15) is 55.8 Å². The highest BCUT2D eigenvalue weighted by Crippen LogP contribution is 2.23. The van der Waals surface area contributed by atoms with Crippen LogP contribution in [0.5, 0.6) is 0 Å². The number of carbonyl (C=O) groups excluding carboxylic acids is 1. The van der Waals surface area contributed by atoms with Crippen LogP contribution >= 0.6 is 0 Å². The molecule has 7 atom stereocenters. The van der Waals surface area contributed by atoms with Crippen LogP contribution in [0.2, 0.25) is 0 Å². The molecule has 11 nitrogen and oxygen atoms in total. The summed E-state index contributed by atoms with van der Waals surface area (Å²) in [5.74, 6) is 1.17. The topological polar surface area (TPSA) is 140 Å². The molecule has 3 saturated heterocycles. The SMILES string of the molecule is CCC1CNCCC1CNC(=O)c1cccc(NCC2NNC(C3CCNCN3)N2CCOC2CCCC2N)c1. The summed E-state index contributed by atoms with van der Waals surface area (Å²) >= 11 is 0. The molecule has 4 fully saturated rings. The monoisotopic (exact) mass is 557 g/mol. The number of benzene rings is 1. The second-order valence-electron chi connectivity index (χ2n) is 11.9. The van der Waals surface area contributed by atoms with E-state index < -0.39 is 0 Å². The zero-order valence-corrected chi connectivity index (χ0v) is 24.1. The van der Waals surface area contributed by atoms with Gasteiger partial charge in [-0.05, 0) is 81.8 Å². The Bertz CT molecular complexity index is 931. The number of hydrogen-bond acceptors (Lipinski definition) is 10. The number of carbonyl (C=O) groups is 1. The van der Waals surface area contributed by atoms with Gasteiger partial charge in [0.1, 0.15) is 0 Å². The number of hydrogen-bond donors (Lipinski definition) is 8. The summed E-state index contributed by atoms with van der Waals surface area (Å²) in [7, 11) is 0. The summed E-state index contributed by atoms with van der Waals surface area (Å²) in [6.45, 7) is 9.04. The van der Waals surface area contributed by atoms with E-state index in [4.69, 9.17) is 10.5 Å². The number of nitrogens with one attached hydrogen (secondary N) is 7. The molecular weight excluding hydrogens is 506 g/mol. The smallest absolute Gasteiger partial charge is 0.251 e. The van der Waals surface area contributed by atoms with Gasteiger partial charge in [0.2, 0.25) is 0 Å². The average Bonchev–Trinajstić information content (AvgIpc) is 3.61. The van der Waals surface area contributed by atoms with E-state index in [1.165, 1.54) is 0 Å². The van der Waals surface area contributed by atoms with Gasteiger partial charge in [-0.3, -0.25) is 15.0 Å². The molecule has 4 aliphatic rings. The lowest BCUT2D eigenvalue weighted by molar-refractivity contribution is 0.0192. The molecule has 0 spiro atoms. The van der Waals surface area contributed by atoms with Gasteiger partial charge in [0.25, 0.3) is 5.91 Å². The van der Waals surface area contributed by atoms with E-state index >= 15 is 0 Å². The molecule has 1 aliphatic carbocycles. The van der Waals surface area contributed by atoms with Gasteiger partial charge >= 0.3 is 0 Å². The summed E-state index contributed by atoms with van der Waals surface area (Å²) in [4.78, 5) is 15.5. The van der Waals surface area contributed by atoms with Gasteiger partial charge in [-0.15, -0.1) is 0 Å². The van der Waals surface area contributed by atoms with Crippen molar-refractivity contribution in [1.29, 1.82) is 0 Å². The first kappa shape index (κ1) is 29.7. The van der Waals surface area contributed by atoms with E-state index in [1.54, 1.807) is 0 Å². The first-order valence-electron chi connectivity index (χ1n) is 15.5. The van der Waals surface area contributed by atoms with Crippen molar-refractivity contribution in [3.05, 3.63) is 29.8 Å². The maximum atomic E-state index is 13.0. The molecule has 0 radical (unpaired) electrons.